The Morgan fingerprint density at radius 1 is 0.935 bits per heavy atom. The van der Waals surface area contributed by atoms with E-state index >= 15 is 0 Å². The molecule has 31 heavy (non-hydrogen) atoms. The second-order valence-corrected chi connectivity index (χ2v) is 7.20. The summed E-state index contributed by atoms with van der Waals surface area (Å²) >= 11 is 0. The van der Waals surface area contributed by atoms with Gasteiger partial charge in [0.1, 0.15) is 11.6 Å². The Kier molecular flexibility index (Phi) is 5.21. The van der Waals surface area contributed by atoms with Gasteiger partial charge in [-0.15, -0.1) is 0 Å². The molecule has 0 saturated carbocycles. The number of para-hydroxylation sites is 1. The van der Waals surface area contributed by atoms with E-state index in [1.54, 1.807) is 57.4 Å². The normalized spacial score (nSPS) is 10.8. The van der Waals surface area contributed by atoms with Crippen molar-refractivity contribution in [3.63, 3.8) is 0 Å². The minimum atomic E-state index is -0.568. The molecular weight excluding hydrogens is 399 g/mol. The third kappa shape index (κ3) is 4.00. The van der Waals surface area contributed by atoms with Crippen molar-refractivity contribution >= 4 is 28.4 Å². The Labute approximate surface area is 177 Å². The number of ether oxygens (including phenoxy) is 1. The molecule has 0 spiro atoms. The van der Waals surface area contributed by atoms with Crippen LogP contribution >= 0.6 is 0 Å². The molecule has 0 bridgehead atoms. The highest BCUT2D eigenvalue weighted by Crippen LogP contribution is 2.33. The monoisotopic (exact) mass is 420 g/mol. The van der Waals surface area contributed by atoms with Crippen molar-refractivity contribution in [2.24, 2.45) is 14.1 Å². The number of nitrogens with zero attached hydrogens (tertiary/aromatic N) is 2. The number of aromatic nitrogens is 2. The average Bonchev–Trinajstić information content (AvgIpc) is 2.95. The van der Waals surface area contributed by atoms with Gasteiger partial charge in [-0.25, -0.2) is 14.0 Å². The third-order valence-corrected chi connectivity index (χ3v) is 5.02. The zero-order chi connectivity index (χ0) is 22.1. The fraction of sp³-hybridized carbons (Fsp3) is 0.130. The molecule has 0 fully saturated rings. The van der Waals surface area contributed by atoms with E-state index in [-0.39, 0.29) is 5.69 Å². The van der Waals surface area contributed by atoms with Gasteiger partial charge in [-0.3, -0.25) is 9.13 Å². The van der Waals surface area contributed by atoms with E-state index in [2.05, 4.69) is 10.6 Å². The van der Waals surface area contributed by atoms with E-state index in [0.717, 1.165) is 0 Å². The summed E-state index contributed by atoms with van der Waals surface area (Å²) in [5.74, 6) is 0.531. The minimum absolute atomic E-state index is 0.197. The molecule has 0 unspecified atom stereocenters. The van der Waals surface area contributed by atoms with Gasteiger partial charge in [-0.1, -0.05) is 24.3 Å². The number of carbonyl (C=O) groups excluding carboxylic acids is 1. The molecule has 7 nitrogen and oxygen atoms in total. The Morgan fingerprint density at radius 3 is 2.29 bits per heavy atom. The molecule has 0 atom stereocenters. The molecule has 2 N–H and O–H groups in total. The molecule has 4 rings (SSSR count). The number of rotatable bonds is 4. The standard InChI is InChI=1S/C23H21FN4O3/c1-14-9-10-15(11-17(14)24)25-22(29)26-18-12-19-20(28(3)23(30)27(19)2)13-21(18)31-16-7-5-4-6-8-16/h4-13H,1-3H3,(H2,25,26,29). The summed E-state index contributed by atoms with van der Waals surface area (Å²) in [6, 6.07) is 16.3. The van der Waals surface area contributed by atoms with E-state index in [4.69, 9.17) is 4.74 Å². The first-order valence-corrected chi connectivity index (χ1v) is 9.60. The number of imidazole rings is 1. The predicted molar refractivity (Wildman–Crippen MR) is 118 cm³/mol. The maximum absolute atomic E-state index is 13.8. The molecule has 4 aromatic rings. The molecule has 0 saturated heterocycles. The Bertz CT molecular complexity index is 1340. The number of hydrogen-bond acceptors (Lipinski definition) is 3. The summed E-state index contributed by atoms with van der Waals surface area (Å²) in [7, 11) is 3.32. The topological polar surface area (TPSA) is 77.3 Å². The van der Waals surface area contributed by atoms with Crippen LogP contribution in [0.3, 0.4) is 0 Å². The number of fused-ring (bicyclic) bond motifs is 1. The van der Waals surface area contributed by atoms with Crippen molar-refractivity contribution in [3.05, 3.63) is 82.5 Å². The first kappa shape index (κ1) is 20.2. The number of urea groups is 1. The van der Waals surface area contributed by atoms with Gasteiger partial charge < -0.3 is 15.4 Å². The summed E-state index contributed by atoms with van der Waals surface area (Å²) in [5, 5.41) is 5.35. The van der Waals surface area contributed by atoms with Crippen LogP contribution < -0.4 is 21.1 Å². The van der Waals surface area contributed by atoms with Gasteiger partial charge in [0.2, 0.25) is 0 Å². The summed E-state index contributed by atoms with van der Waals surface area (Å²) in [4.78, 5) is 24.9. The zero-order valence-electron chi connectivity index (χ0n) is 17.3. The van der Waals surface area contributed by atoms with Crippen LogP contribution in [0.1, 0.15) is 5.56 Å². The number of benzene rings is 3. The van der Waals surface area contributed by atoms with Gasteiger partial charge in [0.25, 0.3) is 0 Å². The molecule has 3 aromatic carbocycles. The van der Waals surface area contributed by atoms with E-state index in [1.165, 1.54) is 15.2 Å². The average molecular weight is 420 g/mol. The van der Waals surface area contributed by atoms with Crippen LogP contribution in [0.15, 0.2) is 65.5 Å². The van der Waals surface area contributed by atoms with Crippen LogP contribution in [0.5, 0.6) is 11.5 Å². The van der Waals surface area contributed by atoms with Crippen molar-refractivity contribution < 1.29 is 13.9 Å². The van der Waals surface area contributed by atoms with Crippen LogP contribution in [0.4, 0.5) is 20.6 Å². The van der Waals surface area contributed by atoms with Gasteiger partial charge >= 0.3 is 11.7 Å². The highest BCUT2D eigenvalue weighted by atomic mass is 19.1. The molecule has 0 aliphatic rings. The second kappa shape index (κ2) is 7.98. The predicted octanol–water partition coefficient (Wildman–Crippen LogP) is 4.76. The maximum atomic E-state index is 13.8. The van der Waals surface area contributed by atoms with E-state index in [0.29, 0.717) is 39.5 Å². The fourth-order valence-electron chi connectivity index (χ4n) is 3.28. The van der Waals surface area contributed by atoms with E-state index < -0.39 is 11.8 Å². The van der Waals surface area contributed by atoms with Crippen molar-refractivity contribution in [3.8, 4) is 11.5 Å². The highest BCUT2D eigenvalue weighted by Gasteiger charge is 2.16. The number of amides is 2. The Morgan fingerprint density at radius 2 is 1.61 bits per heavy atom. The number of hydrogen-bond donors (Lipinski definition) is 2. The summed E-state index contributed by atoms with van der Waals surface area (Å²) in [6.45, 7) is 1.64. The number of halogens is 1. The van der Waals surface area contributed by atoms with Gasteiger partial charge in [0, 0.05) is 25.8 Å². The number of carbonyl (C=O) groups is 1. The zero-order valence-corrected chi connectivity index (χ0v) is 17.3. The van der Waals surface area contributed by atoms with Crippen LogP contribution in [-0.2, 0) is 14.1 Å². The Hall–Kier alpha value is -4.07. The number of anilines is 2. The lowest BCUT2D eigenvalue weighted by atomic mass is 10.2. The van der Waals surface area contributed by atoms with Gasteiger partial charge in [0.05, 0.1) is 16.7 Å². The van der Waals surface area contributed by atoms with Crippen LogP contribution in [-0.4, -0.2) is 15.2 Å². The number of nitrogens with one attached hydrogen (secondary N) is 2. The lowest BCUT2D eigenvalue weighted by Crippen LogP contribution is -2.20. The third-order valence-electron chi connectivity index (χ3n) is 5.02. The van der Waals surface area contributed by atoms with Crippen LogP contribution in [0, 0.1) is 12.7 Å². The van der Waals surface area contributed by atoms with Crippen LogP contribution in [0.2, 0.25) is 0 Å². The molecule has 1 aromatic heterocycles. The SMILES string of the molecule is Cc1ccc(NC(=O)Nc2cc3c(cc2Oc2ccccc2)n(C)c(=O)n3C)cc1F. The molecule has 2 amide bonds. The smallest absolute Gasteiger partial charge is 0.328 e. The van der Waals surface area contributed by atoms with Crippen molar-refractivity contribution in [1.29, 1.82) is 0 Å². The quantitative estimate of drug-likeness (QED) is 0.500. The summed E-state index contributed by atoms with van der Waals surface area (Å²) < 4.78 is 22.8. The molecule has 0 radical (unpaired) electrons. The first-order valence-electron chi connectivity index (χ1n) is 9.60. The van der Waals surface area contributed by atoms with Gasteiger partial charge in [0.15, 0.2) is 5.75 Å². The molecule has 0 aliphatic carbocycles. The molecular formula is C23H21FN4O3. The van der Waals surface area contributed by atoms with Crippen molar-refractivity contribution in [2.45, 2.75) is 6.92 Å². The van der Waals surface area contributed by atoms with Gasteiger partial charge in [-0.05, 0) is 42.8 Å². The second-order valence-electron chi connectivity index (χ2n) is 7.20. The van der Waals surface area contributed by atoms with Crippen molar-refractivity contribution in [2.75, 3.05) is 10.6 Å². The molecule has 158 valence electrons. The summed E-state index contributed by atoms with van der Waals surface area (Å²) in [5.41, 5.74) is 2.26. The Balaban J connectivity index is 1.70. The summed E-state index contributed by atoms with van der Waals surface area (Å²) in [6.07, 6.45) is 0. The van der Waals surface area contributed by atoms with E-state index in [1.807, 2.05) is 18.2 Å². The van der Waals surface area contributed by atoms with Crippen LogP contribution in [0.25, 0.3) is 11.0 Å². The minimum Gasteiger partial charge on any atom is -0.455 e. The lowest BCUT2D eigenvalue weighted by Gasteiger charge is -2.14. The first-order chi connectivity index (χ1) is 14.8. The highest BCUT2D eigenvalue weighted by molar-refractivity contribution is 6.02. The molecule has 8 heteroatoms. The van der Waals surface area contributed by atoms with Crippen molar-refractivity contribution in [1.82, 2.24) is 9.13 Å². The number of aryl methyl sites for hydroxylation is 3. The van der Waals surface area contributed by atoms with E-state index in [9.17, 15) is 14.0 Å². The maximum Gasteiger partial charge on any atom is 0.328 e. The fourth-order valence-corrected chi connectivity index (χ4v) is 3.28. The van der Waals surface area contributed by atoms with Gasteiger partial charge in [-0.2, -0.15) is 0 Å². The molecule has 1 heterocycles. The molecule has 0 aliphatic heterocycles. The largest absolute Gasteiger partial charge is 0.455 e. The lowest BCUT2D eigenvalue weighted by molar-refractivity contribution is 0.262.